The van der Waals surface area contributed by atoms with Gasteiger partial charge in [-0.1, -0.05) is 11.5 Å². The van der Waals surface area contributed by atoms with E-state index in [9.17, 15) is 0 Å². The van der Waals surface area contributed by atoms with Crippen molar-refractivity contribution in [3.05, 3.63) is 0 Å². The summed E-state index contributed by atoms with van der Waals surface area (Å²) in [5.41, 5.74) is 5.58. The SMILES string of the molecule is CC(C1CCC1)n1nnnc1N. The highest BCUT2D eigenvalue weighted by Gasteiger charge is 2.26. The second-order valence-corrected chi connectivity index (χ2v) is 3.41. The number of anilines is 1. The number of rotatable bonds is 2. The van der Waals surface area contributed by atoms with Crippen molar-refractivity contribution in [3.8, 4) is 0 Å². The number of hydrogen-bond donors (Lipinski definition) is 1. The van der Waals surface area contributed by atoms with E-state index in [-0.39, 0.29) is 0 Å². The molecule has 2 rings (SSSR count). The van der Waals surface area contributed by atoms with Gasteiger partial charge in [0.15, 0.2) is 0 Å². The molecule has 0 bridgehead atoms. The summed E-state index contributed by atoms with van der Waals surface area (Å²) < 4.78 is 1.71. The highest BCUT2D eigenvalue weighted by atomic mass is 15.6. The zero-order valence-corrected chi connectivity index (χ0v) is 7.14. The topological polar surface area (TPSA) is 69.6 Å². The molecule has 5 nitrogen and oxygen atoms in total. The molecule has 2 N–H and O–H groups in total. The van der Waals surface area contributed by atoms with Gasteiger partial charge in [0.2, 0.25) is 5.95 Å². The van der Waals surface area contributed by atoms with Gasteiger partial charge in [-0.3, -0.25) is 0 Å². The Morgan fingerprint density at radius 2 is 2.33 bits per heavy atom. The van der Waals surface area contributed by atoms with Crippen molar-refractivity contribution in [1.29, 1.82) is 0 Å². The largest absolute Gasteiger partial charge is 0.367 e. The standard InChI is InChI=1S/C7H13N5/c1-5(6-3-2-4-6)12-7(8)9-10-11-12/h5-6H,2-4H2,1H3,(H2,8,9,11). The fourth-order valence-electron chi connectivity index (χ4n) is 1.61. The molecule has 5 heteroatoms. The minimum absolute atomic E-state index is 0.355. The first-order valence-electron chi connectivity index (χ1n) is 4.32. The van der Waals surface area contributed by atoms with Crippen molar-refractivity contribution in [2.24, 2.45) is 5.92 Å². The number of nitrogens with zero attached hydrogens (tertiary/aromatic N) is 4. The molecule has 0 spiro atoms. The van der Waals surface area contributed by atoms with E-state index in [0.29, 0.717) is 12.0 Å². The molecule has 1 aliphatic rings. The summed E-state index contributed by atoms with van der Waals surface area (Å²) in [5.74, 6) is 1.14. The third-order valence-electron chi connectivity index (χ3n) is 2.74. The Morgan fingerprint density at radius 3 is 2.75 bits per heavy atom. The number of nitrogens with two attached hydrogens (primary N) is 1. The molecule has 66 valence electrons. The van der Waals surface area contributed by atoms with E-state index in [1.54, 1.807) is 4.68 Å². The molecule has 1 atom stereocenters. The molecule has 12 heavy (non-hydrogen) atoms. The molecular formula is C7H13N5. The fourth-order valence-corrected chi connectivity index (χ4v) is 1.61. The number of hydrogen-bond acceptors (Lipinski definition) is 4. The predicted molar refractivity (Wildman–Crippen MR) is 44.3 cm³/mol. The van der Waals surface area contributed by atoms with E-state index in [4.69, 9.17) is 5.73 Å². The molecule has 0 aliphatic heterocycles. The number of tetrazole rings is 1. The lowest BCUT2D eigenvalue weighted by molar-refractivity contribution is 0.210. The molecule has 1 aromatic rings. The van der Waals surface area contributed by atoms with Crippen LogP contribution in [0.25, 0.3) is 0 Å². The summed E-state index contributed by atoms with van der Waals surface area (Å²) in [6.07, 6.45) is 3.89. The van der Waals surface area contributed by atoms with Crippen LogP contribution in [-0.4, -0.2) is 20.2 Å². The molecule has 0 saturated heterocycles. The zero-order chi connectivity index (χ0) is 8.55. The maximum atomic E-state index is 5.58. The minimum atomic E-state index is 0.355. The monoisotopic (exact) mass is 167 g/mol. The highest BCUT2D eigenvalue weighted by molar-refractivity contribution is 5.11. The second kappa shape index (κ2) is 2.73. The van der Waals surface area contributed by atoms with Gasteiger partial charge in [-0.2, -0.15) is 0 Å². The zero-order valence-electron chi connectivity index (χ0n) is 7.14. The Morgan fingerprint density at radius 1 is 1.58 bits per heavy atom. The quantitative estimate of drug-likeness (QED) is 0.700. The van der Waals surface area contributed by atoms with Crippen molar-refractivity contribution in [2.45, 2.75) is 32.2 Å². The normalized spacial score (nSPS) is 20.4. The summed E-state index contributed by atoms with van der Waals surface area (Å²) >= 11 is 0. The Labute approximate surface area is 70.9 Å². The van der Waals surface area contributed by atoms with Gasteiger partial charge in [0.25, 0.3) is 0 Å². The first kappa shape index (κ1) is 7.52. The van der Waals surface area contributed by atoms with Crippen LogP contribution in [0.15, 0.2) is 0 Å². The highest BCUT2D eigenvalue weighted by Crippen LogP contribution is 2.35. The smallest absolute Gasteiger partial charge is 0.240 e. The Hall–Kier alpha value is -1.13. The van der Waals surface area contributed by atoms with Gasteiger partial charge in [0.05, 0.1) is 6.04 Å². The van der Waals surface area contributed by atoms with E-state index >= 15 is 0 Å². The van der Waals surface area contributed by atoms with E-state index in [0.717, 1.165) is 5.92 Å². The van der Waals surface area contributed by atoms with E-state index in [1.807, 2.05) is 0 Å². The summed E-state index contributed by atoms with van der Waals surface area (Å²) in [6.45, 7) is 2.12. The molecule has 0 amide bonds. The maximum Gasteiger partial charge on any atom is 0.240 e. The Bertz CT molecular complexity index is 265. The number of nitrogen functional groups attached to an aromatic ring is 1. The third-order valence-corrected chi connectivity index (χ3v) is 2.74. The molecule has 1 heterocycles. The summed E-state index contributed by atoms with van der Waals surface area (Å²) in [6, 6.07) is 0.355. The lowest BCUT2D eigenvalue weighted by Gasteiger charge is -2.30. The maximum absolute atomic E-state index is 5.58. The van der Waals surface area contributed by atoms with Crippen LogP contribution in [0.3, 0.4) is 0 Å². The van der Waals surface area contributed by atoms with Gasteiger partial charge < -0.3 is 5.73 Å². The molecule has 0 radical (unpaired) electrons. The van der Waals surface area contributed by atoms with Crippen molar-refractivity contribution in [2.75, 3.05) is 5.73 Å². The number of aromatic nitrogens is 4. The molecular weight excluding hydrogens is 154 g/mol. The van der Waals surface area contributed by atoms with Gasteiger partial charge >= 0.3 is 0 Å². The lowest BCUT2D eigenvalue weighted by atomic mass is 9.80. The van der Waals surface area contributed by atoms with Crippen LogP contribution < -0.4 is 5.73 Å². The molecule has 1 aliphatic carbocycles. The van der Waals surface area contributed by atoms with Gasteiger partial charge in [-0.05, 0) is 36.1 Å². The molecule has 1 fully saturated rings. The van der Waals surface area contributed by atoms with Gasteiger partial charge in [0, 0.05) is 0 Å². The Balaban J connectivity index is 2.13. The summed E-state index contributed by atoms with van der Waals surface area (Å²) in [5, 5.41) is 11.0. The van der Waals surface area contributed by atoms with Gasteiger partial charge in [-0.15, -0.1) is 0 Å². The third kappa shape index (κ3) is 1.05. The minimum Gasteiger partial charge on any atom is -0.367 e. The van der Waals surface area contributed by atoms with E-state index in [1.165, 1.54) is 19.3 Å². The summed E-state index contributed by atoms with van der Waals surface area (Å²) in [4.78, 5) is 0. The molecule has 1 unspecified atom stereocenters. The van der Waals surface area contributed by atoms with Crippen LogP contribution in [0.1, 0.15) is 32.2 Å². The fraction of sp³-hybridized carbons (Fsp3) is 0.857. The van der Waals surface area contributed by atoms with E-state index in [2.05, 4.69) is 22.4 Å². The predicted octanol–water partition coefficient (Wildman–Crippen LogP) is 0.616. The molecule has 0 aromatic carbocycles. The average Bonchev–Trinajstić information content (AvgIpc) is 2.31. The van der Waals surface area contributed by atoms with Crippen LogP contribution in [0.5, 0.6) is 0 Å². The average molecular weight is 167 g/mol. The van der Waals surface area contributed by atoms with Gasteiger partial charge in [-0.25, -0.2) is 4.68 Å². The van der Waals surface area contributed by atoms with Gasteiger partial charge in [0.1, 0.15) is 0 Å². The van der Waals surface area contributed by atoms with E-state index < -0.39 is 0 Å². The second-order valence-electron chi connectivity index (χ2n) is 3.41. The van der Waals surface area contributed by atoms with Crippen LogP contribution in [0.2, 0.25) is 0 Å². The summed E-state index contributed by atoms with van der Waals surface area (Å²) in [7, 11) is 0. The molecule has 1 aromatic heterocycles. The van der Waals surface area contributed by atoms with Crippen molar-refractivity contribution in [1.82, 2.24) is 20.2 Å². The van der Waals surface area contributed by atoms with Crippen LogP contribution in [0, 0.1) is 5.92 Å². The first-order valence-corrected chi connectivity index (χ1v) is 4.32. The van der Waals surface area contributed by atoms with Crippen molar-refractivity contribution < 1.29 is 0 Å². The van der Waals surface area contributed by atoms with Crippen LogP contribution in [-0.2, 0) is 0 Å². The van der Waals surface area contributed by atoms with Crippen molar-refractivity contribution >= 4 is 5.95 Å². The lowest BCUT2D eigenvalue weighted by Crippen LogP contribution is -2.24. The van der Waals surface area contributed by atoms with Crippen LogP contribution >= 0.6 is 0 Å². The van der Waals surface area contributed by atoms with Crippen LogP contribution in [0.4, 0.5) is 5.95 Å². The first-order chi connectivity index (χ1) is 5.79. The van der Waals surface area contributed by atoms with Crippen molar-refractivity contribution in [3.63, 3.8) is 0 Å². The molecule has 1 saturated carbocycles. The Kier molecular flexibility index (Phi) is 1.71.